The van der Waals surface area contributed by atoms with Crippen LogP contribution in [0.1, 0.15) is 46.4 Å². The lowest BCUT2D eigenvalue weighted by molar-refractivity contribution is -0.153. The molecule has 168 valence electrons. The van der Waals surface area contributed by atoms with Gasteiger partial charge in [0.25, 0.3) is 0 Å². The second-order valence-corrected chi connectivity index (χ2v) is 8.06. The number of Topliss-reactive ketones (excluding diaryl/α,β-unsaturated/α-hetero) is 4. The number of ketones is 4. The normalized spacial score (nSPS) is 22.8. The summed E-state index contributed by atoms with van der Waals surface area (Å²) in [7, 11) is 2.94. The van der Waals surface area contributed by atoms with E-state index in [9.17, 15) is 19.2 Å². The van der Waals surface area contributed by atoms with Crippen molar-refractivity contribution in [3.8, 4) is 0 Å². The molecule has 0 heterocycles. The van der Waals surface area contributed by atoms with Crippen molar-refractivity contribution in [3.63, 3.8) is 0 Å². The standard InChI is InChI=1S/C26H28O6/c1-31-25-19(23(29)15-21(27)17-9-5-3-6-10-17)13-14-20(26(25)32-2)24(30)16-22(28)18-11-7-4-8-12-18/h3-12,19-20,25-26H,13-16H2,1-2H3. The molecular weight excluding hydrogens is 408 g/mol. The SMILES string of the molecule is COC1C(C(=O)CC(=O)c2ccccc2)CCC(C(=O)CC(=O)c2ccccc2)C1OC. The molecule has 0 aromatic heterocycles. The zero-order valence-electron chi connectivity index (χ0n) is 18.4. The maximum absolute atomic E-state index is 13.0. The Morgan fingerprint density at radius 2 is 1.00 bits per heavy atom. The van der Waals surface area contributed by atoms with Gasteiger partial charge in [0.15, 0.2) is 11.6 Å². The fourth-order valence-corrected chi connectivity index (χ4v) is 4.46. The molecule has 2 aromatic carbocycles. The van der Waals surface area contributed by atoms with Crippen molar-refractivity contribution >= 4 is 23.1 Å². The lowest BCUT2D eigenvalue weighted by Crippen LogP contribution is -2.51. The van der Waals surface area contributed by atoms with Crippen LogP contribution in [-0.2, 0) is 19.1 Å². The summed E-state index contributed by atoms with van der Waals surface area (Å²) in [6.07, 6.45) is -0.979. The van der Waals surface area contributed by atoms with Crippen LogP contribution in [0.5, 0.6) is 0 Å². The first kappa shape index (κ1) is 23.7. The minimum atomic E-state index is -0.661. The second-order valence-electron chi connectivity index (χ2n) is 8.06. The van der Waals surface area contributed by atoms with E-state index in [1.807, 2.05) is 12.1 Å². The number of rotatable bonds is 10. The van der Waals surface area contributed by atoms with Crippen LogP contribution in [0.3, 0.4) is 0 Å². The van der Waals surface area contributed by atoms with Gasteiger partial charge in [0.2, 0.25) is 0 Å². The fourth-order valence-electron chi connectivity index (χ4n) is 4.46. The number of ether oxygens (including phenoxy) is 2. The highest BCUT2D eigenvalue weighted by Crippen LogP contribution is 2.35. The number of carbonyl (C=O) groups is 4. The Hall–Kier alpha value is -2.96. The topological polar surface area (TPSA) is 86.7 Å². The number of carbonyl (C=O) groups excluding carboxylic acids is 4. The first-order chi connectivity index (χ1) is 15.5. The third-order valence-corrected chi connectivity index (χ3v) is 6.14. The van der Waals surface area contributed by atoms with Crippen LogP contribution >= 0.6 is 0 Å². The molecule has 0 spiro atoms. The van der Waals surface area contributed by atoms with E-state index < -0.39 is 24.0 Å². The van der Waals surface area contributed by atoms with Crippen LogP contribution < -0.4 is 0 Å². The lowest BCUT2D eigenvalue weighted by atomic mass is 9.72. The lowest BCUT2D eigenvalue weighted by Gasteiger charge is -2.40. The molecular formula is C26H28O6. The molecule has 4 atom stereocenters. The minimum Gasteiger partial charge on any atom is -0.378 e. The van der Waals surface area contributed by atoms with E-state index in [-0.39, 0.29) is 36.0 Å². The van der Waals surface area contributed by atoms with Crippen LogP contribution in [0.15, 0.2) is 60.7 Å². The third kappa shape index (κ3) is 5.44. The molecule has 0 aliphatic heterocycles. The van der Waals surface area contributed by atoms with Gasteiger partial charge in [-0.25, -0.2) is 0 Å². The molecule has 1 aliphatic rings. The Morgan fingerprint density at radius 3 is 1.31 bits per heavy atom. The summed E-state index contributed by atoms with van der Waals surface area (Å²) in [6, 6.07) is 17.4. The van der Waals surface area contributed by atoms with Gasteiger partial charge in [-0.1, -0.05) is 60.7 Å². The maximum atomic E-state index is 13.0. The zero-order chi connectivity index (χ0) is 23.1. The van der Waals surface area contributed by atoms with Crippen LogP contribution in [0.4, 0.5) is 0 Å². The van der Waals surface area contributed by atoms with Gasteiger partial charge in [0.1, 0.15) is 11.6 Å². The van der Waals surface area contributed by atoms with Gasteiger partial charge in [0.05, 0.1) is 25.0 Å². The van der Waals surface area contributed by atoms with Gasteiger partial charge in [-0.3, -0.25) is 19.2 Å². The summed E-state index contributed by atoms with van der Waals surface area (Å²) in [4.78, 5) is 50.9. The van der Waals surface area contributed by atoms with Gasteiger partial charge in [-0.15, -0.1) is 0 Å². The Labute approximate surface area is 187 Å². The maximum Gasteiger partial charge on any atom is 0.170 e. The summed E-state index contributed by atoms with van der Waals surface area (Å²) in [5, 5.41) is 0. The van der Waals surface area contributed by atoms with Crippen LogP contribution in [0.2, 0.25) is 0 Å². The van der Waals surface area contributed by atoms with Crippen molar-refractivity contribution in [1.82, 2.24) is 0 Å². The molecule has 6 heteroatoms. The molecule has 2 aromatic rings. The molecule has 1 saturated carbocycles. The summed E-state index contributed by atoms with van der Waals surface area (Å²) in [5.74, 6) is -2.03. The predicted molar refractivity (Wildman–Crippen MR) is 119 cm³/mol. The van der Waals surface area contributed by atoms with Crippen LogP contribution in [0, 0.1) is 11.8 Å². The number of benzene rings is 2. The molecule has 3 rings (SSSR count). The monoisotopic (exact) mass is 436 g/mol. The highest BCUT2D eigenvalue weighted by molar-refractivity contribution is 6.09. The fraction of sp³-hybridized carbons (Fsp3) is 0.385. The van der Waals surface area contributed by atoms with Crippen molar-refractivity contribution in [2.24, 2.45) is 11.8 Å². The van der Waals surface area contributed by atoms with Gasteiger partial charge in [-0.2, -0.15) is 0 Å². The van der Waals surface area contributed by atoms with Crippen molar-refractivity contribution in [3.05, 3.63) is 71.8 Å². The van der Waals surface area contributed by atoms with Crippen molar-refractivity contribution in [2.75, 3.05) is 14.2 Å². The summed E-state index contributed by atoms with van der Waals surface area (Å²) < 4.78 is 11.2. The molecule has 0 radical (unpaired) electrons. The van der Waals surface area contributed by atoms with Crippen LogP contribution in [0.25, 0.3) is 0 Å². The van der Waals surface area contributed by atoms with E-state index in [1.165, 1.54) is 14.2 Å². The number of hydrogen-bond acceptors (Lipinski definition) is 6. The second kappa shape index (κ2) is 11.1. The first-order valence-corrected chi connectivity index (χ1v) is 10.7. The van der Waals surface area contributed by atoms with E-state index in [2.05, 4.69) is 0 Å². The number of hydrogen-bond donors (Lipinski definition) is 0. The van der Waals surface area contributed by atoms with E-state index >= 15 is 0 Å². The molecule has 0 amide bonds. The van der Waals surface area contributed by atoms with E-state index in [0.717, 1.165) is 0 Å². The quantitative estimate of drug-likeness (QED) is 0.417. The third-order valence-electron chi connectivity index (χ3n) is 6.14. The Kier molecular flexibility index (Phi) is 8.20. The molecule has 1 fully saturated rings. The molecule has 32 heavy (non-hydrogen) atoms. The van der Waals surface area contributed by atoms with Crippen molar-refractivity contribution in [2.45, 2.75) is 37.9 Å². The molecule has 0 N–H and O–H groups in total. The summed E-state index contributed by atoms with van der Waals surface area (Å²) >= 11 is 0. The molecule has 0 bridgehead atoms. The molecule has 0 saturated heterocycles. The molecule has 4 unspecified atom stereocenters. The van der Waals surface area contributed by atoms with Gasteiger partial charge in [-0.05, 0) is 12.8 Å². The predicted octanol–water partition coefficient (Wildman–Crippen LogP) is 3.73. The van der Waals surface area contributed by atoms with Gasteiger partial charge in [0, 0.05) is 37.2 Å². The smallest absolute Gasteiger partial charge is 0.170 e. The Balaban J connectivity index is 1.68. The molecule has 1 aliphatic carbocycles. The van der Waals surface area contributed by atoms with E-state index in [1.54, 1.807) is 48.5 Å². The van der Waals surface area contributed by atoms with Gasteiger partial charge < -0.3 is 9.47 Å². The van der Waals surface area contributed by atoms with E-state index in [0.29, 0.717) is 24.0 Å². The average molecular weight is 437 g/mol. The summed E-state index contributed by atoms with van der Waals surface area (Å²) in [5.41, 5.74) is 0.975. The largest absolute Gasteiger partial charge is 0.378 e. The average Bonchev–Trinajstić information content (AvgIpc) is 2.83. The highest BCUT2D eigenvalue weighted by Gasteiger charge is 2.46. The molecule has 6 nitrogen and oxygen atoms in total. The minimum absolute atomic E-state index is 0.223. The van der Waals surface area contributed by atoms with E-state index in [4.69, 9.17) is 9.47 Å². The zero-order valence-corrected chi connectivity index (χ0v) is 18.4. The Bertz CT molecular complexity index is 873. The van der Waals surface area contributed by atoms with Crippen LogP contribution in [-0.4, -0.2) is 49.6 Å². The highest BCUT2D eigenvalue weighted by atomic mass is 16.5. The first-order valence-electron chi connectivity index (χ1n) is 10.7. The van der Waals surface area contributed by atoms with Gasteiger partial charge >= 0.3 is 0 Å². The number of methoxy groups -OCH3 is 2. The van der Waals surface area contributed by atoms with Crippen molar-refractivity contribution < 1.29 is 28.7 Å². The van der Waals surface area contributed by atoms with Crippen molar-refractivity contribution in [1.29, 1.82) is 0 Å². The summed E-state index contributed by atoms with van der Waals surface area (Å²) in [6.45, 7) is 0. The Morgan fingerprint density at radius 1 is 0.656 bits per heavy atom.